The monoisotopic (exact) mass is 468 g/mol. The zero-order valence-corrected chi connectivity index (χ0v) is 19.5. The lowest BCUT2D eigenvalue weighted by molar-refractivity contribution is -0.126. The molecule has 8 nitrogen and oxygen atoms in total. The number of hydrogen-bond donors (Lipinski definition) is 1. The van der Waals surface area contributed by atoms with Crippen molar-refractivity contribution in [3.8, 4) is 11.4 Å². The molecule has 1 aliphatic heterocycles. The highest BCUT2D eigenvalue weighted by Gasteiger charge is 2.33. The van der Waals surface area contributed by atoms with E-state index in [1.165, 1.54) is 23.5 Å². The molecule has 9 heteroatoms. The van der Waals surface area contributed by atoms with Crippen LogP contribution in [0.4, 0.5) is 0 Å². The molecule has 0 saturated carbocycles. The Kier molecular flexibility index (Phi) is 6.80. The number of aromatic nitrogens is 2. The van der Waals surface area contributed by atoms with Crippen LogP contribution in [0.3, 0.4) is 0 Å². The number of piperidine rings is 1. The second-order valence-electron chi connectivity index (χ2n) is 8.17. The minimum absolute atomic E-state index is 0.129. The Balaban J connectivity index is 1.39. The molecule has 2 unspecified atom stereocenters. The third-order valence-corrected chi connectivity index (χ3v) is 7.89. The number of sulfonamides is 1. The van der Waals surface area contributed by atoms with E-state index < -0.39 is 10.0 Å². The summed E-state index contributed by atoms with van der Waals surface area (Å²) in [5.41, 5.74) is 1.96. The second kappa shape index (κ2) is 9.76. The Morgan fingerprint density at radius 1 is 1.15 bits per heavy atom. The number of amides is 1. The summed E-state index contributed by atoms with van der Waals surface area (Å²) >= 11 is 0. The SMILES string of the molecule is COc1ccc(S(=O)(=O)N2CCCC(C(=O)NC(C)c3ccc(-n4ccnc4)cc3)C2)cc1. The van der Waals surface area contributed by atoms with E-state index in [9.17, 15) is 13.2 Å². The molecule has 1 aliphatic rings. The van der Waals surface area contributed by atoms with E-state index >= 15 is 0 Å². The van der Waals surface area contributed by atoms with Crippen molar-refractivity contribution in [1.82, 2.24) is 19.2 Å². The van der Waals surface area contributed by atoms with Crippen LogP contribution in [0.25, 0.3) is 5.69 Å². The topological polar surface area (TPSA) is 93.5 Å². The van der Waals surface area contributed by atoms with Gasteiger partial charge in [-0.1, -0.05) is 12.1 Å². The van der Waals surface area contributed by atoms with Crippen LogP contribution < -0.4 is 10.1 Å². The number of methoxy groups -OCH3 is 1. The minimum Gasteiger partial charge on any atom is -0.497 e. The van der Waals surface area contributed by atoms with Crippen LogP contribution in [-0.4, -0.2) is 48.4 Å². The Bertz CT molecular complexity index is 1180. The maximum Gasteiger partial charge on any atom is 0.243 e. The molecule has 0 radical (unpaired) electrons. The molecule has 0 aliphatic carbocycles. The first-order chi connectivity index (χ1) is 15.9. The normalized spacial score (nSPS) is 17.9. The molecule has 0 spiro atoms. The molecule has 3 aromatic rings. The summed E-state index contributed by atoms with van der Waals surface area (Å²) in [7, 11) is -2.14. The van der Waals surface area contributed by atoms with Crippen molar-refractivity contribution in [2.75, 3.05) is 20.2 Å². The van der Waals surface area contributed by atoms with Gasteiger partial charge in [0.25, 0.3) is 0 Å². The number of rotatable bonds is 7. The van der Waals surface area contributed by atoms with Crippen molar-refractivity contribution in [3.05, 3.63) is 72.8 Å². The van der Waals surface area contributed by atoms with Gasteiger partial charge in [0, 0.05) is 31.2 Å². The quantitative estimate of drug-likeness (QED) is 0.575. The van der Waals surface area contributed by atoms with E-state index in [4.69, 9.17) is 4.74 Å². The van der Waals surface area contributed by atoms with Crippen LogP contribution in [0.5, 0.6) is 5.75 Å². The van der Waals surface area contributed by atoms with Gasteiger partial charge in [-0.2, -0.15) is 4.31 Å². The fraction of sp³-hybridized carbons (Fsp3) is 0.333. The Morgan fingerprint density at radius 3 is 2.52 bits per heavy atom. The predicted octanol–water partition coefficient (Wildman–Crippen LogP) is 3.16. The highest BCUT2D eigenvalue weighted by molar-refractivity contribution is 7.89. The number of ether oxygens (including phenoxy) is 1. The molecule has 1 fully saturated rings. The van der Waals surface area contributed by atoms with Crippen molar-refractivity contribution in [2.45, 2.75) is 30.7 Å². The summed E-state index contributed by atoms with van der Waals surface area (Å²) in [4.78, 5) is 17.2. The molecule has 174 valence electrons. The van der Waals surface area contributed by atoms with E-state index in [-0.39, 0.29) is 29.3 Å². The van der Waals surface area contributed by atoms with Crippen molar-refractivity contribution >= 4 is 15.9 Å². The van der Waals surface area contributed by atoms with Crippen LogP contribution in [0.15, 0.2) is 72.1 Å². The Hall–Kier alpha value is -3.17. The van der Waals surface area contributed by atoms with Gasteiger partial charge in [-0.3, -0.25) is 4.79 Å². The molecule has 1 saturated heterocycles. The number of imidazole rings is 1. The molecule has 0 bridgehead atoms. The summed E-state index contributed by atoms with van der Waals surface area (Å²) in [6.45, 7) is 2.51. The average molecular weight is 469 g/mol. The molecule has 1 aromatic heterocycles. The Labute approximate surface area is 194 Å². The van der Waals surface area contributed by atoms with Crippen LogP contribution in [0.1, 0.15) is 31.4 Å². The number of benzene rings is 2. The zero-order valence-electron chi connectivity index (χ0n) is 18.7. The van der Waals surface area contributed by atoms with E-state index in [0.717, 1.165) is 11.3 Å². The van der Waals surface area contributed by atoms with Gasteiger partial charge >= 0.3 is 0 Å². The number of hydrogen-bond acceptors (Lipinski definition) is 5. The van der Waals surface area contributed by atoms with Crippen LogP contribution in [0, 0.1) is 5.92 Å². The summed E-state index contributed by atoms with van der Waals surface area (Å²) < 4.78 is 34.6. The fourth-order valence-corrected chi connectivity index (χ4v) is 5.56. The van der Waals surface area contributed by atoms with E-state index in [0.29, 0.717) is 25.1 Å². The van der Waals surface area contributed by atoms with E-state index in [1.807, 2.05) is 42.0 Å². The first kappa shape index (κ1) is 23.0. The van der Waals surface area contributed by atoms with E-state index in [1.54, 1.807) is 24.7 Å². The largest absolute Gasteiger partial charge is 0.497 e. The van der Waals surface area contributed by atoms with Crippen LogP contribution in [-0.2, 0) is 14.8 Å². The predicted molar refractivity (Wildman–Crippen MR) is 125 cm³/mol. The molecular formula is C24H28N4O4S. The Morgan fingerprint density at radius 2 is 1.88 bits per heavy atom. The lowest BCUT2D eigenvalue weighted by Gasteiger charge is -2.32. The standard InChI is InChI=1S/C24H28N4O4S/c1-18(19-5-7-21(8-6-19)27-15-13-25-17-27)26-24(29)20-4-3-14-28(16-20)33(30,31)23-11-9-22(32-2)10-12-23/h5-13,15,17-18,20H,3-4,14,16H2,1-2H3,(H,26,29). The second-order valence-corrected chi connectivity index (χ2v) is 10.1. The number of carbonyl (C=O) groups excluding carboxylic acids is 1. The maximum absolute atomic E-state index is 13.1. The van der Waals surface area contributed by atoms with Gasteiger partial charge in [0.2, 0.25) is 15.9 Å². The number of nitrogens with one attached hydrogen (secondary N) is 1. The molecule has 2 aromatic carbocycles. The van der Waals surface area contributed by atoms with Crippen molar-refractivity contribution in [3.63, 3.8) is 0 Å². The third-order valence-electron chi connectivity index (χ3n) is 6.01. The number of carbonyl (C=O) groups is 1. The summed E-state index contributed by atoms with van der Waals surface area (Å²) in [6.07, 6.45) is 6.62. The van der Waals surface area contributed by atoms with Crippen LogP contribution in [0.2, 0.25) is 0 Å². The fourth-order valence-electron chi connectivity index (χ4n) is 4.03. The minimum atomic E-state index is -3.67. The molecular weight excluding hydrogens is 440 g/mol. The molecule has 1 N–H and O–H groups in total. The van der Waals surface area contributed by atoms with Gasteiger partial charge < -0.3 is 14.6 Å². The smallest absolute Gasteiger partial charge is 0.243 e. The lowest BCUT2D eigenvalue weighted by Crippen LogP contribution is -2.45. The van der Waals surface area contributed by atoms with Gasteiger partial charge in [-0.15, -0.1) is 0 Å². The first-order valence-electron chi connectivity index (χ1n) is 10.9. The summed E-state index contributed by atoms with van der Waals surface area (Å²) in [5.74, 6) is 0.0761. The highest BCUT2D eigenvalue weighted by Crippen LogP contribution is 2.26. The average Bonchev–Trinajstić information content (AvgIpc) is 3.39. The van der Waals surface area contributed by atoms with Crippen molar-refractivity contribution < 1.29 is 17.9 Å². The summed E-state index contributed by atoms with van der Waals surface area (Å²) in [5, 5.41) is 3.05. The van der Waals surface area contributed by atoms with Crippen LogP contribution >= 0.6 is 0 Å². The molecule has 1 amide bonds. The lowest BCUT2D eigenvalue weighted by atomic mass is 9.98. The van der Waals surface area contributed by atoms with Gasteiger partial charge in [0.15, 0.2) is 0 Å². The first-order valence-corrected chi connectivity index (χ1v) is 12.4. The van der Waals surface area contributed by atoms with Crippen molar-refractivity contribution in [1.29, 1.82) is 0 Å². The van der Waals surface area contributed by atoms with Gasteiger partial charge in [-0.05, 0) is 61.7 Å². The van der Waals surface area contributed by atoms with Crippen molar-refractivity contribution in [2.24, 2.45) is 5.92 Å². The van der Waals surface area contributed by atoms with E-state index in [2.05, 4.69) is 10.3 Å². The highest BCUT2D eigenvalue weighted by atomic mass is 32.2. The van der Waals surface area contributed by atoms with Gasteiger partial charge in [0.1, 0.15) is 5.75 Å². The molecule has 33 heavy (non-hydrogen) atoms. The zero-order chi connectivity index (χ0) is 23.4. The number of nitrogens with zero attached hydrogens (tertiary/aromatic N) is 3. The molecule has 2 atom stereocenters. The third kappa shape index (κ3) is 5.09. The van der Waals surface area contributed by atoms with Gasteiger partial charge in [-0.25, -0.2) is 13.4 Å². The molecule has 2 heterocycles. The molecule has 4 rings (SSSR count). The van der Waals surface area contributed by atoms with Gasteiger partial charge in [0.05, 0.1) is 30.3 Å². The maximum atomic E-state index is 13.1. The summed E-state index contributed by atoms with van der Waals surface area (Å²) in [6, 6.07) is 14.0.